The van der Waals surface area contributed by atoms with Gasteiger partial charge in [-0.2, -0.15) is 0 Å². The summed E-state index contributed by atoms with van der Waals surface area (Å²) in [5.41, 5.74) is 1.02. The molecule has 90 valence electrons. The van der Waals surface area contributed by atoms with E-state index in [2.05, 4.69) is 58.9 Å². The van der Waals surface area contributed by atoms with E-state index in [9.17, 15) is 0 Å². The molecule has 0 radical (unpaired) electrons. The Hall–Kier alpha value is -0.0800. The molecule has 0 amide bonds. The maximum atomic E-state index is 3.65. The molecule has 0 aliphatic heterocycles. The fraction of sp³-hybridized carbons (Fsp3) is 1.00. The van der Waals surface area contributed by atoms with Gasteiger partial charge in [0.15, 0.2) is 0 Å². The lowest BCUT2D eigenvalue weighted by molar-refractivity contribution is 0.342. The van der Waals surface area contributed by atoms with E-state index in [0.717, 1.165) is 19.0 Å². The number of nitrogens with zero attached hydrogens (tertiary/aromatic N) is 1. The van der Waals surface area contributed by atoms with Crippen molar-refractivity contribution in [1.82, 2.24) is 10.2 Å². The third kappa shape index (κ3) is 2.54. The van der Waals surface area contributed by atoms with Gasteiger partial charge >= 0.3 is 0 Å². The van der Waals surface area contributed by atoms with Gasteiger partial charge in [-0.3, -0.25) is 0 Å². The predicted molar refractivity (Wildman–Crippen MR) is 67.1 cm³/mol. The molecule has 1 atom stereocenters. The monoisotopic (exact) mass is 212 g/mol. The van der Waals surface area contributed by atoms with Crippen molar-refractivity contribution in [2.75, 3.05) is 27.2 Å². The molecule has 0 spiro atoms. The Morgan fingerprint density at radius 2 is 1.60 bits per heavy atom. The molecule has 0 aromatic rings. The van der Waals surface area contributed by atoms with Crippen LogP contribution in [0.1, 0.15) is 34.6 Å². The van der Waals surface area contributed by atoms with Crippen LogP contribution in [0.4, 0.5) is 0 Å². The van der Waals surface area contributed by atoms with Gasteiger partial charge in [-0.05, 0) is 44.3 Å². The summed E-state index contributed by atoms with van der Waals surface area (Å²) in [5.74, 6) is 0.828. The van der Waals surface area contributed by atoms with E-state index in [1.54, 1.807) is 0 Å². The van der Waals surface area contributed by atoms with Crippen LogP contribution in [0.25, 0.3) is 0 Å². The van der Waals surface area contributed by atoms with Crippen LogP contribution in [0.5, 0.6) is 0 Å². The average Bonchev–Trinajstić information content (AvgIpc) is 2.38. The van der Waals surface area contributed by atoms with Gasteiger partial charge < -0.3 is 10.2 Å². The normalized spacial score (nSPS) is 25.6. The van der Waals surface area contributed by atoms with Crippen LogP contribution in [-0.4, -0.2) is 38.1 Å². The third-order valence-corrected chi connectivity index (χ3v) is 4.63. The predicted octanol–water partition coefficient (Wildman–Crippen LogP) is 2.21. The van der Waals surface area contributed by atoms with Crippen molar-refractivity contribution in [2.24, 2.45) is 16.7 Å². The molecule has 0 saturated heterocycles. The van der Waals surface area contributed by atoms with Crippen LogP contribution >= 0.6 is 0 Å². The van der Waals surface area contributed by atoms with Crippen molar-refractivity contribution >= 4 is 0 Å². The van der Waals surface area contributed by atoms with E-state index in [4.69, 9.17) is 0 Å². The fourth-order valence-electron chi connectivity index (χ4n) is 2.77. The van der Waals surface area contributed by atoms with Gasteiger partial charge in [-0.25, -0.2) is 0 Å². The summed E-state index contributed by atoms with van der Waals surface area (Å²) in [6, 6.07) is 0.590. The van der Waals surface area contributed by atoms with Crippen LogP contribution in [0, 0.1) is 16.7 Å². The number of rotatable bonds is 5. The molecule has 0 heterocycles. The quantitative estimate of drug-likeness (QED) is 0.751. The molecule has 1 fully saturated rings. The van der Waals surface area contributed by atoms with Gasteiger partial charge in [0.2, 0.25) is 0 Å². The van der Waals surface area contributed by atoms with E-state index < -0.39 is 0 Å². The highest BCUT2D eigenvalue weighted by molar-refractivity contribution is 5.12. The molecule has 0 aromatic carbocycles. The maximum absolute atomic E-state index is 3.65. The molecule has 1 saturated carbocycles. The van der Waals surface area contributed by atoms with E-state index in [1.165, 1.54) is 0 Å². The zero-order chi connectivity index (χ0) is 11.9. The number of nitrogens with one attached hydrogen (secondary N) is 1. The first-order valence-electron chi connectivity index (χ1n) is 6.07. The summed E-state index contributed by atoms with van der Waals surface area (Å²) >= 11 is 0. The summed E-state index contributed by atoms with van der Waals surface area (Å²) < 4.78 is 0. The molecule has 15 heavy (non-hydrogen) atoms. The summed E-state index contributed by atoms with van der Waals surface area (Å²) in [4.78, 5) is 2.24. The van der Waals surface area contributed by atoms with E-state index in [0.29, 0.717) is 16.9 Å². The van der Waals surface area contributed by atoms with Crippen molar-refractivity contribution in [3.8, 4) is 0 Å². The van der Waals surface area contributed by atoms with Crippen molar-refractivity contribution in [1.29, 1.82) is 0 Å². The largest absolute Gasteiger partial charge is 0.313 e. The maximum Gasteiger partial charge on any atom is 0.0166 e. The Morgan fingerprint density at radius 3 is 1.93 bits per heavy atom. The zero-order valence-electron chi connectivity index (χ0n) is 11.5. The highest BCUT2D eigenvalue weighted by atomic mass is 15.1. The van der Waals surface area contributed by atoms with Crippen LogP contribution in [0.3, 0.4) is 0 Å². The van der Waals surface area contributed by atoms with Crippen LogP contribution in [-0.2, 0) is 0 Å². The molecule has 2 heteroatoms. The summed E-state index contributed by atoms with van der Waals surface area (Å²) in [6.07, 6.45) is 0. The minimum Gasteiger partial charge on any atom is -0.313 e. The first-order valence-corrected chi connectivity index (χ1v) is 6.07. The van der Waals surface area contributed by atoms with E-state index in [1.807, 2.05) is 0 Å². The molecule has 0 aromatic heterocycles. The Bertz CT molecular complexity index is 205. The lowest BCUT2D eigenvalue weighted by Gasteiger charge is -2.18. The highest BCUT2D eigenvalue weighted by Crippen LogP contribution is 2.67. The smallest absolute Gasteiger partial charge is 0.0166 e. The summed E-state index contributed by atoms with van der Waals surface area (Å²) in [7, 11) is 4.26. The fourth-order valence-corrected chi connectivity index (χ4v) is 2.77. The van der Waals surface area contributed by atoms with Crippen molar-refractivity contribution < 1.29 is 0 Å². The van der Waals surface area contributed by atoms with Gasteiger partial charge in [0.05, 0.1) is 0 Å². The summed E-state index contributed by atoms with van der Waals surface area (Å²) in [6.45, 7) is 14.1. The van der Waals surface area contributed by atoms with Gasteiger partial charge in [0.1, 0.15) is 0 Å². The lowest BCUT2D eigenvalue weighted by atomic mass is 10.0. The third-order valence-electron chi connectivity index (χ3n) is 4.63. The van der Waals surface area contributed by atoms with Crippen LogP contribution < -0.4 is 5.32 Å². The van der Waals surface area contributed by atoms with Crippen LogP contribution in [0.2, 0.25) is 0 Å². The lowest BCUT2D eigenvalue weighted by Crippen LogP contribution is -2.37. The SMILES string of the molecule is CC(CN(C)C)NCC1C(C)(C)C1(C)C. The van der Waals surface area contributed by atoms with E-state index >= 15 is 0 Å². The first kappa shape index (κ1) is 13.0. The molecule has 0 bridgehead atoms. The summed E-state index contributed by atoms with van der Waals surface area (Å²) in [5, 5.41) is 3.65. The van der Waals surface area contributed by atoms with Crippen LogP contribution in [0.15, 0.2) is 0 Å². The van der Waals surface area contributed by atoms with Gasteiger partial charge in [-0.1, -0.05) is 27.7 Å². The second-order valence-electron chi connectivity index (χ2n) is 6.57. The van der Waals surface area contributed by atoms with Crippen molar-refractivity contribution in [3.63, 3.8) is 0 Å². The van der Waals surface area contributed by atoms with Gasteiger partial charge in [-0.15, -0.1) is 0 Å². The molecular formula is C13H28N2. The highest BCUT2D eigenvalue weighted by Gasteiger charge is 2.63. The van der Waals surface area contributed by atoms with Gasteiger partial charge in [0, 0.05) is 12.6 Å². The second-order valence-corrected chi connectivity index (χ2v) is 6.57. The van der Waals surface area contributed by atoms with Gasteiger partial charge in [0.25, 0.3) is 0 Å². The standard InChI is InChI=1S/C13H28N2/c1-10(9-15(6)7)14-8-11-12(2,3)13(11,4)5/h10-11,14H,8-9H2,1-7H3. The minimum atomic E-state index is 0.512. The second kappa shape index (κ2) is 4.06. The molecule has 1 N–H and O–H groups in total. The molecular weight excluding hydrogens is 184 g/mol. The Morgan fingerprint density at radius 1 is 1.13 bits per heavy atom. The molecule has 1 unspecified atom stereocenters. The van der Waals surface area contributed by atoms with Crippen molar-refractivity contribution in [3.05, 3.63) is 0 Å². The molecule has 1 rings (SSSR count). The Balaban J connectivity index is 2.28. The first-order chi connectivity index (χ1) is 6.69. The topological polar surface area (TPSA) is 15.3 Å². The number of likely N-dealkylation sites (N-methyl/N-ethyl adjacent to an activating group) is 1. The number of hydrogen-bond donors (Lipinski definition) is 1. The zero-order valence-corrected chi connectivity index (χ0v) is 11.5. The average molecular weight is 212 g/mol. The molecule has 1 aliphatic rings. The van der Waals surface area contributed by atoms with Crippen molar-refractivity contribution in [2.45, 2.75) is 40.7 Å². The molecule has 1 aliphatic carbocycles. The minimum absolute atomic E-state index is 0.512. The Kier molecular flexibility index (Phi) is 3.52. The Labute approximate surface area is 95.4 Å². The van der Waals surface area contributed by atoms with E-state index in [-0.39, 0.29) is 0 Å². The molecule has 2 nitrogen and oxygen atoms in total. The number of hydrogen-bond acceptors (Lipinski definition) is 2.